The van der Waals surface area contributed by atoms with Gasteiger partial charge in [0, 0.05) is 23.7 Å². The molecule has 1 heterocycles. The van der Waals surface area contributed by atoms with Crippen molar-refractivity contribution < 1.29 is 4.79 Å². The van der Waals surface area contributed by atoms with Crippen molar-refractivity contribution in [2.24, 2.45) is 0 Å². The van der Waals surface area contributed by atoms with E-state index in [1.54, 1.807) is 18.3 Å². The maximum atomic E-state index is 11.8. The zero-order chi connectivity index (χ0) is 15.5. The predicted octanol–water partition coefficient (Wildman–Crippen LogP) is 4.04. The number of Topliss-reactive ketones (excluding diaryl/α,β-unsaturated/α-hetero) is 1. The van der Waals surface area contributed by atoms with Gasteiger partial charge < -0.3 is 10.6 Å². The van der Waals surface area contributed by atoms with Crippen LogP contribution in [-0.2, 0) is 0 Å². The lowest BCUT2D eigenvalue weighted by atomic mass is 10.1. The number of nitrogens with one attached hydrogen (secondary N) is 2. The van der Waals surface area contributed by atoms with Gasteiger partial charge in [-0.15, -0.1) is 0 Å². The minimum Gasteiger partial charge on any atom is -0.366 e. The number of rotatable bonds is 6. The minimum atomic E-state index is 0.108. The molecule has 1 aliphatic carbocycles. The van der Waals surface area contributed by atoms with Crippen molar-refractivity contribution in [1.82, 2.24) is 9.97 Å². The van der Waals surface area contributed by atoms with Crippen LogP contribution in [-0.4, -0.2) is 21.8 Å². The molecule has 1 aromatic heterocycles. The molecule has 2 aromatic rings. The lowest BCUT2D eigenvalue weighted by Crippen LogP contribution is -2.06. The second-order valence-corrected chi connectivity index (χ2v) is 5.70. The van der Waals surface area contributed by atoms with Crippen LogP contribution in [0.2, 0.25) is 5.02 Å². The molecule has 0 bridgehead atoms. The van der Waals surface area contributed by atoms with Crippen LogP contribution in [0.5, 0.6) is 0 Å². The van der Waals surface area contributed by atoms with Crippen molar-refractivity contribution in [2.75, 3.05) is 10.6 Å². The summed E-state index contributed by atoms with van der Waals surface area (Å²) in [6.45, 7) is 1.85. The Morgan fingerprint density at radius 1 is 1.41 bits per heavy atom. The number of benzene rings is 1. The van der Waals surface area contributed by atoms with E-state index in [0.29, 0.717) is 34.8 Å². The van der Waals surface area contributed by atoms with E-state index in [1.165, 1.54) is 0 Å². The van der Waals surface area contributed by atoms with Crippen LogP contribution >= 0.6 is 11.6 Å². The Morgan fingerprint density at radius 2 is 2.23 bits per heavy atom. The van der Waals surface area contributed by atoms with E-state index >= 15 is 0 Å². The summed E-state index contributed by atoms with van der Waals surface area (Å²) < 4.78 is 0. The highest BCUT2D eigenvalue weighted by molar-refractivity contribution is 6.32. The van der Waals surface area contributed by atoms with Crippen molar-refractivity contribution in [2.45, 2.75) is 32.2 Å². The summed E-state index contributed by atoms with van der Waals surface area (Å²) in [6.07, 6.45) is 4.34. The normalized spacial score (nSPS) is 13.7. The Bertz CT molecular complexity index is 700. The van der Waals surface area contributed by atoms with Crippen LogP contribution in [0, 0.1) is 0 Å². The lowest BCUT2D eigenvalue weighted by Gasteiger charge is -2.10. The summed E-state index contributed by atoms with van der Waals surface area (Å²) in [5.74, 6) is 1.20. The Morgan fingerprint density at radius 3 is 2.95 bits per heavy atom. The second-order valence-electron chi connectivity index (χ2n) is 5.29. The molecule has 1 aliphatic rings. The summed E-state index contributed by atoms with van der Waals surface area (Å²) in [7, 11) is 0. The maximum Gasteiger partial charge on any atom is 0.229 e. The largest absolute Gasteiger partial charge is 0.366 e. The van der Waals surface area contributed by atoms with Crippen LogP contribution in [0.3, 0.4) is 0 Å². The van der Waals surface area contributed by atoms with Crippen LogP contribution in [0.25, 0.3) is 0 Å². The van der Waals surface area contributed by atoms with Gasteiger partial charge >= 0.3 is 0 Å². The zero-order valence-corrected chi connectivity index (χ0v) is 13.0. The predicted molar refractivity (Wildman–Crippen MR) is 88.0 cm³/mol. The van der Waals surface area contributed by atoms with E-state index in [-0.39, 0.29) is 5.78 Å². The van der Waals surface area contributed by atoms with Crippen molar-refractivity contribution >= 4 is 34.8 Å². The fourth-order valence-electron chi connectivity index (χ4n) is 2.05. The maximum absolute atomic E-state index is 11.8. The van der Waals surface area contributed by atoms with Gasteiger partial charge in [0.2, 0.25) is 5.95 Å². The Kier molecular flexibility index (Phi) is 4.24. The van der Waals surface area contributed by atoms with E-state index in [0.717, 1.165) is 18.5 Å². The summed E-state index contributed by atoms with van der Waals surface area (Å²) in [5.41, 5.74) is 1.46. The smallest absolute Gasteiger partial charge is 0.229 e. The number of hydrogen-bond acceptors (Lipinski definition) is 5. The molecule has 0 amide bonds. The molecule has 1 aromatic carbocycles. The molecule has 0 unspecified atom stereocenters. The fourth-order valence-corrected chi connectivity index (χ4v) is 2.20. The number of ketones is 1. The summed E-state index contributed by atoms with van der Waals surface area (Å²) >= 11 is 6.10. The molecule has 0 radical (unpaired) electrons. The average Bonchev–Trinajstić information content (AvgIpc) is 3.34. The van der Waals surface area contributed by atoms with Gasteiger partial charge in [-0.1, -0.05) is 30.7 Å². The van der Waals surface area contributed by atoms with Gasteiger partial charge in [0.1, 0.15) is 5.02 Å². The van der Waals surface area contributed by atoms with E-state index in [9.17, 15) is 4.79 Å². The molecule has 0 aliphatic heterocycles. The first-order valence-corrected chi connectivity index (χ1v) is 7.73. The molecule has 2 N–H and O–H groups in total. The number of halogens is 1. The van der Waals surface area contributed by atoms with Crippen LogP contribution < -0.4 is 10.6 Å². The minimum absolute atomic E-state index is 0.108. The van der Waals surface area contributed by atoms with Gasteiger partial charge in [-0.25, -0.2) is 4.98 Å². The number of aromatic nitrogens is 2. The highest BCUT2D eigenvalue weighted by atomic mass is 35.5. The first-order valence-electron chi connectivity index (χ1n) is 7.35. The number of carbonyl (C=O) groups excluding carboxylic acids is 1. The molecule has 0 saturated heterocycles. The fraction of sp³-hybridized carbons (Fsp3) is 0.312. The monoisotopic (exact) mass is 316 g/mol. The molecule has 1 fully saturated rings. The number of anilines is 3. The molecular formula is C16H17ClN4O. The van der Waals surface area contributed by atoms with Gasteiger partial charge in [-0.2, -0.15) is 4.98 Å². The first-order chi connectivity index (χ1) is 10.7. The molecule has 22 heavy (non-hydrogen) atoms. The Balaban J connectivity index is 1.79. The number of nitrogens with zero attached hydrogens (tertiary/aromatic N) is 2. The van der Waals surface area contributed by atoms with Crippen molar-refractivity contribution in [3.8, 4) is 0 Å². The zero-order valence-electron chi connectivity index (χ0n) is 12.3. The van der Waals surface area contributed by atoms with Crippen molar-refractivity contribution in [1.29, 1.82) is 0 Å². The average molecular weight is 317 g/mol. The standard InChI is InChI=1S/C16H17ClN4O/c1-2-14(22)10-4-3-5-12(8-10)20-16-18-9-13(17)15(21-16)19-11-6-7-11/h3-5,8-9,11H,2,6-7H2,1H3,(H2,18,19,20,21). The highest BCUT2D eigenvalue weighted by Gasteiger charge is 2.22. The third-order valence-electron chi connectivity index (χ3n) is 3.42. The van der Waals surface area contributed by atoms with Crippen LogP contribution in [0.1, 0.15) is 36.5 Å². The third kappa shape index (κ3) is 3.54. The van der Waals surface area contributed by atoms with Crippen molar-refractivity contribution in [3.05, 3.63) is 41.0 Å². The molecular weight excluding hydrogens is 300 g/mol. The highest BCUT2D eigenvalue weighted by Crippen LogP contribution is 2.28. The van der Waals surface area contributed by atoms with E-state index in [4.69, 9.17) is 11.6 Å². The van der Waals surface area contributed by atoms with E-state index in [2.05, 4.69) is 20.6 Å². The molecule has 5 nitrogen and oxygen atoms in total. The quantitative estimate of drug-likeness (QED) is 0.787. The van der Waals surface area contributed by atoms with Gasteiger partial charge in [0.15, 0.2) is 11.6 Å². The molecule has 6 heteroatoms. The summed E-state index contributed by atoms with van der Waals surface area (Å²) in [6, 6.07) is 7.78. The Labute approximate surface area is 134 Å². The van der Waals surface area contributed by atoms with Gasteiger partial charge in [-0.05, 0) is 25.0 Å². The van der Waals surface area contributed by atoms with Crippen LogP contribution in [0.15, 0.2) is 30.5 Å². The number of carbonyl (C=O) groups is 1. The van der Waals surface area contributed by atoms with Gasteiger partial charge in [-0.3, -0.25) is 4.79 Å². The van der Waals surface area contributed by atoms with Gasteiger partial charge in [0.05, 0.1) is 6.20 Å². The van der Waals surface area contributed by atoms with E-state index in [1.807, 2.05) is 19.1 Å². The first kappa shape index (κ1) is 14.8. The lowest BCUT2D eigenvalue weighted by molar-refractivity contribution is 0.0988. The Hall–Kier alpha value is -2.14. The SMILES string of the molecule is CCC(=O)c1cccc(Nc2ncc(Cl)c(NC3CC3)n2)c1. The van der Waals surface area contributed by atoms with Crippen LogP contribution in [0.4, 0.5) is 17.5 Å². The van der Waals surface area contributed by atoms with E-state index < -0.39 is 0 Å². The molecule has 3 rings (SSSR count). The van der Waals surface area contributed by atoms with Crippen molar-refractivity contribution in [3.63, 3.8) is 0 Å². The molecule has 0 atom stereocenters. The summed E-state index contributed by atoms with van der Waals surface area (Å²) in [5, 5.41) is 6.89. The van der Waals surface area contributed by atoms with Gasteiger partial charge in [0.25, 0.3) is 0 Å². The molecule has 1 saturated carbocycles. The third-order valence-corrected chi connectivity index (χ3v) is 3.70. The topological polar surface area (TPSA) is 66.9 Å². The molecule has 0 spiro atoms. The second kappa shape index (κ2) is 6.32. The molecule has 114 valence electrons. The summed E-state index contributed by atoms with van der Waals surface area (Å²) in [4.78, 5) is 20.3. The number of hydrogen-bond donors (Lipinski definition) is 2.